The number of piperidine rings is 1. The van der Waals surface area contributed by atoms with Gasteiger partial charge in [-0.1, -0.05) is 19.3 Å². The zero-order chi connectivity index (χ0) is 11.7. The summed E-state index contributed by atoms with van der Waals surface area (Å²) in [7, 11) is 0. The van der Waals surface area contributed by atoms with Gasteiger partial charge in [0.25, 0.3) is 0 Å². The summed E-state index contributed by atoms with van der Waals surface area (Å²) in [6, 6.07) is 0.129. The third kappa shape index (κ3) is 2.35. The van der Waals surface area contributed by atoms with Crippen molar-refractivity contribution >= 4 is 5.91 Å². The van der Waals surface area contributed by atoms with E-state index < -0.39 is 0 Å². The smallest absolute Gasteiger partial charge is 0.239 e. The van der Waals surface area contributed by atoms with Gasteiger partial charge in [-0.25, -0.2) is 0 Å². The molecule has 2 heterocycles. The van der Waals surface area contributed by atoms with Gasteiger partial charge in [0.2, 0.25) is 5.91 Å². The Bertz CT molecular complexity index is 272. The summed E-state index contributed by atoms with van der Waals surface area (Å²) in [6.45, 7) is 3.11. The van der Waals surface area contributed by atoms with Crippen LogP contribution in [0.1, 0.15) is 44.9 Å². The lowest BCUT2D eigenvalue weighted by atomic mass is 9.82. The monoisotopic (exact) mass is 236 g/mol. The van der Waals surface area contributed by atoms with Gasteiger partial charge in [-0.05, 0) is 44.1 Å². The normalized spacial score (nSPS) is 37.9. The van der Waals surface area contributed by atoms with Crippen LogP contribution in [0.2, 0.25) is 0 Å². The Hall–Kier alpha value is -0.570. The number of fused-ring (bicyclic) bond motifs is 1. The highest BCUT2D eigenvalue weighted by Gasteiger charge is 2.38. The molecule has 0 aromatic rings. The first-order chi connectivity index (χ1) is 8.34. The lowest BCUT2D eigenvalue weighted by molar-refractivity contribution is -0.133. The van der Waals surface area contributed by atoms with E-state index >= 15 is 0 Å². The predicted octanol–water partition coefficient (Wildman–Crippen LogP) is 1.78. The fourth-order valence-corrected chi connectivity index (χ4v) is 3.87. The van der Waals surface area contributed by atoms with E-state index in [0.29, 0.717) is 5.91 Å². The number of hydrogen-bond acceptors (Lipinski definition) is 2. The van der Waals surface area contributed by atoms with Crippen LogP contribution in [-0.2, 0) is 4.79 Å². The number of amides is 1. The lowest BCUT2D eigenvalue weighted by Gasteiger charge is -2.27. The molecule has 3 aliphatic rings. The van der Waals surface area contributed by atoms with Crippen LogP contribution in [0.25, 0.3) is 0 Å². The minimum absolute atomic E-state index is 0.129. The topological polar surface area (TPSA) is 32.3 Å². The predicted molar refractivity (Wildman–Crippen MR) is 67.7 cm³/mol. The van der Waals surface area contributed by atoms with Gasteiger partial charge in [-0.3, -0.25) is 4.79 Å². The number of nitrogens with zero attached hydrogens (tertiary/aromatic N) is 1. The Balaban J connectivity index is 1.59. The molecule has 2 aliphatic heterocycles. The highest BCUT2D eigenvalue weighted by molar-refractivity contribution is 5.82. The van der Waals surface area contributed by atoms with Crippen molar-refractivity contribution in [3.05, 3.63) is 0 Å². The summed E-state index contributed by atoms with van der Waals surface area (Å²) < 4.78 is 0. The lowest BCUT2D eigenvalue weighted by Crippen LogP contribution is -2.47. The summed E-state index contributed by atoms with van der Waals surface area (Å²) in [5.74, 6) is 2.02. The Morgan fingerprint density at radius 2 is 1.59 bits per heavy atom. The van der Waals surface area contributed by atoms with Gasteiger partial charge in [0, 0.05) is 13.1 Å². The van der Waals surface area contributed by atoms with Crippen LogP contribution in [0.4, 0.5) is 0 Å². The first-order valence-electron chi connectivity index (χ1n) is 7.37. The maximum Gasteiger partial charge on any atom is 0.239 e. The zero-order valence-electron chi connectivity index (χ0n) is 10.7. The van der Waals surface area contributed by atoms with Crippen LogP contribution >= 0.6 is 0 Å². The van der Waals surface area contributed by atoms with Crippen molar-refractivity contribution in [1.29, 1.82) is 0 Å². The molecule has 3 heteroatoms. The molecule has 3 unspecified atom stereocenters. The molecule has 0 bridgehead atoms. The molecule has 3 rings (SSSR count). The van der Waals surface area contributed by atoms with Crippen molar-refractivity contribution in [1.82, 2.24) is 10.2 Å². The number of hydrogen-bond donors (Lipinski definition) is 1. The number of rotatable bonds is 1. The molecule has 2 saturated heterocycles. The van der Waals surface area contributed by atoms with Gasteiger partial charge in [-0.2, -0.15) is 0 Å². The quantitative estimate of drug-likeness (QED) is 0.752. The van der Waals surface area contributed by atoms with Crippen molar-refractivity contribution in [2.75, 3.05) is 19.6 Å². The van der Waals surface area contributed by atoms with Crippen molar-refractivity contribution in [3.63, 3.8) is 0 Å². The molecule has 1 amide bonds. The van der Waals surface area contributed by atoms with Crippen molar-refractivity contribution in [2.45, 2.75) is 51.0 Å². The SMILES string of the molecule is O=C(C1CCCCN1)N1CC2CCCCC2C1. The maximum absolute atomic E-state index is 12.4. The molecule has 3 nitrogen and oxygen atoms in total. The summed E-state index contributed by atoms with van der Waals surface area (Å²) in [5.41, 5.74) is 0. The number of carbonyl (C=O) groups is 1. The second-order valence-electron chi connectivity index (χ2n) is 6.05. The molecule has 1 aliphatic carbocycles. The third-order valence-corrected chi connectivity index (χ3v) is 4.90. The highest BCUT2D eigenvalue weighted by atomic mass is 16.2. The van der Waals surface area contributed by atoms with Crippen LogP contribution in [0.3, 0.4) is 0 Å². The van der Waals surface area contributed by atoms with Gasteiger partial charge in [0.15, 0.2) is 0 Å². The minimum atomic E-state index is 0.129. The fourth-order valence-electron chi connectivity index (χ4n) is 3.87. The Morgan fingerprint density at radius 1 is 0.941 bits per heavy atom. The molecular weight excluding hydrogens is 212 g/mol. The van der Waals surface area contributed by atoms with Gasteiger partial charge in [-0.15, -0.1) is 0 Å². The second kappa shape index (κ2) is 4.97. The number of likely N-dealkylation sites (tertiary alicyclic amines) is 1. The molecular formula is C14H24N2O. The van der Waals surface area contributed by atoms with Crippen molar-refractivity contribution < 1.29 is 4.79 Å². The zero-order valence-corrected chi connectivity index (χ0v) is 10.7. The van der Waals surface area contributed by atoms with E-state index in [2.05, 4.69) is 10.2 Å². The van der Waals surface area contributed by atoms with Gasteiger partial charge < -0.3 is 10.2 Å². The number of nitrogens with one attached hydrogen (secondary N) is 1. The van der Waals surface area contributed by atoms with Gasteiger partial charge in [0.1, 0.15) is 0 Å². The third-order valence-electron chi connectivity index (χ3n) is 4.90. The van der Waals surface area contributed by atoms with Crippen LogP contribution in [0, 0.1) is 11.8 Å². The van der Waals surface area contributed by atoms with Crippen LogP contribution < -0.4 is 5.32 Å². The molecule has 17 heavy (non-hydrogen) atoms. The molecule has 1 saturated carbocycles. The van der Waals surface area contributed by atoms with E-state index in [0.717, 1.165) is 37.9 Å². The van der Waals surface area contributed by atoms with Crippen molar-refractivity contribution in [2.24, 2.45) is 11.8 Å². The van der Waals surface area contributed by atoms with Gasteiger partial charge in [0.05, 0.1) is 6.04 Å². The minimum Gasteiger partial charge on any atom is -0.341 e. The first-order valence-corrected chi connectivity index (χ1v) is 7.37. The summed E-state index contributed by atoms with van der Waals surface area (Å²) in [5, 5.41) is 3.39. The highest BCUT2D eigenvalue weighted by Crippen LogP contribution is 2.36. The van der Waals surface area contributed by atoms with E-state index in [4.69, 9.17) is 0 Å². The van der Waals surface area contributed by atoms with E-state index in [-0.39, 0.29) is 6.04 Å². The number of carbonyl (C=O) groups excluding carboxylic acids is 1. The van der Waals surface area contributed by atoms with Crippen LogP contribution in [-0.4, -0.2) is 36.5 Å². The average Bonchev–Trinajstić information content (AvgIpc) is 2.82. The molecule has 0 spiro atoms. The molecule has 0 aromatic carbocycles. The second-order valence-corrected chi connectivity index (χ2v) is 6.05. The molecule has 0 aromatic heterocycles. The van der Waals surface area contributed by atoms with E-state index in [1.807, 2.05) is 0 Å². The molecule has 3 atom stereocenters. The summed E-state index contributed by atoms with van der Waals surface area (Å²) in [4.78, 5) is 14.6. The Labute approximate surface area is 104 Å². The van der Waals surface area contributed by atoms with E-state index in [1.54, 1.807) is 0 Å². The fraction of sp³-hybridized carbons (Fsp3) is 0.929. The molecule has 96 valence electrons. The largest absolute Gasteiger partial charge is 0.341 e. The van der Waals surface area contributed by atoms with E-state index in [9.17, 15) is 4.79 Å². The van der Waals surface area contributed by atoms with E-state index in [1.165, 1.54) is 38.5 Å². The summed E-state index contributed by atoms with van der Waals surface area (Å²) >= 11 is 0. The van der Waals surface area contributed by atoms with Crippen LogP contribution in [0.15, 0.2) is 0 Å². The van der Waals surface area contributed by atoms with Crippen LogP contribution in [0.5, 0.6) is 0 Å². The standard InChI is InChI=1S/C14H24N2O/c17-14(13-7-3-4-8-15-13)16-9-11-5-1-2-6-12(11)10-16/h11-13,15H,1-10H2. The maximum atomic E-state index is 12.4. The molecule has 1 N–H and O–H groups in total. The molecule has 3 fully saturated rings. The molecule has 0 radical (unpaired) electrons. The van der Waals surface area contributed by atoms with Crippen molar-refractivity contribution in [3.8, 4) is 0 Å². The summed E-state index contributed by atoms with van der Waals surface area (Å²) in [6.07, 6.45) is 8.96. The first kappa shape index (κ1) is 11.5. The Morgan fingerprint density at radius 3 is 2.18 bits per heavy atom. The Kier molecular flexibility index (Phi) is 3.37. The van der Waals surface area contributed by atoms with Gasteiger partial charge >= 0.3 is 0 Å². The average molecular weight is 236 g/mol.